The van der Waals surface area contributed by atoms with Crippen LogP contribution in [0, 0.1) is 6.92 Å². The maximum atomic E-state index is 5.53. The SMILES string of the molecule is Cc1cccc(-c2noc(-c3nonc3N)n2)n1. The Morgan fingerprint density at radius 3 is 2.72 bits per heavy atom. The number of aromatic nitrogens is 5. The van der Waals surface area contributed by atoms with Gasteiger partial charge >= 0.3 is 0 Å². The topological polar surface area (TPSA) is 117 Å². The van der Waals surface area contributed by atoms with E-state index in [9.17, 15) is 0 Å². The van der Waals surface area contributed by atoms with Crippen LogP contribution < -0.4 is 5.73 Å². The molecule has 3 aromatic heterocycles. The molecular formula is C10H8N6O2. The molecule has 8 heteroatoms. The fraction of sp³-hybridized carbons (Fsp3) is 0.100. The summed E-state index contributed by atoms with van der Waals surface area (Å²) in [7, 11) is 0. The molecule has 0 spiro atoms. The minimum atomic E-state index is 0.0994. The second-order valence-electron chi connectivity index (χ2n) is 3.59. The van der Waals surface area contributed by atoms with Crippen LogP contribution in [0.3, 0.4) is 0 Å². The third kappa shape index (κ3) is 1.69. The van der Waals surface area contributed by atoms with E-state index in [4.69, 9.17) is 10.3 Å². The zero-order chi connectivity index (χ0) is 12.5. The summed E-state index contributed by atoms with van der Waals surface area (Å²) in [5.41, 5.74) is 7.23. The Morgan fingerprint density at radius 2 is 2.00 bits per heavy atom. The van der Waals surface area contributed by atoms with Crippen molar-refractivity contribution < 1.29 is 9.15 Å². The van der Waals surface area contributed by atoms with E-state index in [-0.39, 0.29) is 17.4 Å². The van der Waals surface area contributed by atoms with Crippen molar-refractivity contribution in [2.45, 2.75) is 6.92 Å². The van der Waals surface area contributed by atoms with E-state index in [1.165, 1.54) is 0 Å². The summed E-state index contributed by atoms with van der Waals surface area (Å²) in [5, 5.41) is 10.8. The minimum absolute atomic E-state index is 0.0994. The van der Waals surface area contributed by atoms with Crippen LogP contribution in [-0.4, -0.2) is 25.4 Å². The largest absolute Gasteiger partial charge is 0.379 e. The first-order valence-corrected chi connectivity index (χ1v) is 5.10. The molecule has 0 radical (unpaired) electrons. The van der Waals surface area contributed by atoms with Gasteiger partial charge in [0.05, 0.1) is 0 Å². The van der Waals surface area contributed by atoms with Crippen LogP contribution in [-0.2, 0) is 0 Å². The van der Waals surface area contributed by atoms with Gasteiger partial charge in [0.25, 0.3) is 5.89 Å². The van der Waals surface area contributed by atoms with Gasteiger partial charge in [-0.2, -0.15) is 4.98 Å². The molecule has 0 unspecified atom stereocenters. The van der Waals surface area contributed by atoms with Crippen molar-refractivity contribution in [1.82, 2.24) is 25.4 Å². The van der Waals surface area contributed by atoms with Crippen LogP contribution in [0.15, 0.2) is 27.4 Å². The van der Waals surface area contributed by atoms with E-state index in [1.807, 2.05) is 19.1 Å². The van der Waals surface area contributed by atoms with E-state index >= 15 is 0 Å². The molecule has 0 saturated carbocycles. The normalized spacial score (nSPS) is 10.7. The molecule has 8 nitrogen and oxygen atoms in total. The average molecular weight is 244 g/mol. The molecule has 0 aliphatic rings. The number of hydrogen-bond donors (Lipinski definition) is 1. The van der Waals surface area contributed by atoms with Gasteiger partial charge in [-0.05, 0) is 29.4 Å². The molecule has 0 aliphatic heterocycles. The zero-order valence-corrected chi connectivity index (χ0v) is 9.36. The highest BCUT2D eigenvalue weighted by Gasteiger charge is 2.18. The molecule has 3 heterocycles. The highest BCUT2D eigenvalue weighted by molar-refractivity contribution is 5.62. The van der Waals surface area contributed by atoms with E-state index in [0.29, 0.717) is 11.5 Å². The molecule has 90 valence electrons. The number of anilines is 1. The van der Waals surface area contributed by atoms with Crippen molar-refractivity contribution in [1.29, 1.82) is 0 Å². The Kier molecular flexibility index (Phi) is 2.26. The molecule has 0 aliphatic carbocycles. The van der Waals surface area contributed by atoms with Crippen molar-refractivity contribution in [3.05, 3.63) is 23.9 Å². The maximum absolute atomic E-state index is 5.53. The van der Waals surface area contributed by atoms with Crippen LogP contribution in [0.1, 0.15) is 5.69 Å². The van der Waals surface area contributed by atoms with E-state index in [1.54, 1.807) is 6.07 Å². The molecule has 0 aromatic carbocycles. The second-order valence-corrected chi connectivity index (χ2v) is 3.59. The summed E-state index contributed by atoms with van der Waals surface area (Å²) in [6, 6.07) is 5.52. The predicted molar refractivity (Wildman–Crippen MR) is 60.0 cm³/mol. The lowest BCUT2D eigenvalue weighted by Crippen LogP contribution is -1.90. The van der Waals surface area contributed by atoms with Crippen molar-refractivity contribution in [2.75, 3.05) is 5.73 Å². The van der Waals surface area contributed by atoms with Crippen LogP contribution in [0.25, 0.3) is 23.1 Å². The lowest BCUT2D eigenvalue weighted by molar-refractivity contribution is 0.308. The molecule has 0 atom stereocenters. The molecule has 0 saturated heterocycles. The smallest absolute Gasteiger partial charge is 0.284 e. The van der Waals surface area contributed by atoms with Crippen LogP contribution >= 0.6 is 0 Å². The molecule has 2 N–H and O–H groups in total. The maximum Gasteiger partial charge on any atom is 0.284 e. The third-order valence-electron chi connectivity index (χ3n) is 2.26. The number of hydrogen-bond acceptors (Lipinski definition) is 8. The van der Waals surface area contributed by atoms with E-state index in [2.05, 4.69) is 30.1 Å². The Morgan fingerprint density at radius 1 is 1.11 bits per heavy atom. The van der Waals surface area contributed by atoms with Crippen LogP contribution in [0.4, 0.5) is 5.82 Å². The highest BCUT2D eigenvalue weighted by Crippen LogP contribution is 2.22. The number of nitrogens with zero attached hydrogens (tertiary/aromatic N) is 5. The second kappa shape index (κ2) is 3.91. The summed E-state index contributed by atoms with van der Waals surface area (Å²) >= 11 is 0. The molecule has 0 bridgehead atoms. The summed E-state index contributed by atoms with van der Waals surface area (Å²) in [6.07, 6.45) is 0. The Bertz CT molecular complexity index is 689. The van der Waals surface area contributed by atoms with E-state index in [0.717, 1.165) is 5.69 Å². The van der Waals surface area contributed by atoms with Gasteiger partial charge in [-0.25, -0.2) is 9.61 Å². The quantitative estimate of drug-likeness (QED) is 0.711. The zero-order valence-electron chi connectivity index (χ0n) is 9.36. The van der Waals surface area contributed by atoms with Crippen molar-refractivity contribution in [2.24, 2.45) is 0 Å². The van der Waals surface area contributed by atoms with Gasteiger partial charge < -0.3 is 10.3 Å². The van der Waals surface area contributed by atoms with E-state index < -0.39 is 0 Å². The first-order chi connectivity index (χ1) is 8.74. The summed E-state index contributed by atoms with van der Waals surface area (Å²) in [5.74, 6) is 0.602. The monoisotopic (exact) mass is 244 g/mol. The Labute approximate surface area is 101 Å². The number of nitrogen functional groups attached to an aromatic ring is 1. The Balaban J connectivity index is 2.02. The van der Waals surface area contributed by atoms with Crippen LogP contribution in [0.5, 0.6) is 0 Å². The fourth-order valence-electron chi connectivity index (χ4n) is 1.44. The highest BCUT2D eigenvalue weighted by atomic mass is 16.6. The Hall–Kier alpha value is -2.77. The van der Waals surface area contributed by atoms with Crippen molar-refractivity contribution in [3.63, 3.8) is 0 Å². The third-order valence-corrected chi connectivity index (χ3v) is 2.26. The van der Waals surface area contributed by atoms with Gasteiger partial charge in [-0.15, -0.1) is 0 Å². The van der Waals surface area contributed by atoms with Gasteiger partial charge in [0.1, 0.15) is 5.69 Å². The van der Waals surface area contributed by atoms with Gasteiger partial charge in [0, 0.05) is 5.69 Å². The first-order valence-electron chi connectivity index (χ1n) is 5.10. The van der Waals surface area contributed by atoms with Gasteiger partial charge in [-0.3, -0.25) is 0 Å². The predicted octanol–water partition coefficient (Wildman–Crippen LogP) is 1.07. The van der Waals surface area contributed by atoms with Crippen molar-refractivity contribution in [3.8, 4) is 23.1 Å². The lowest BCUT2D eigenvalue weighted by Gasteiger charge is -1.94. The number of rotatable bonds is 2. The fourth-order valence-corrected chi connectivity index (χ4v) is 1.44. The van der Waals surface area contributed by atoms with Crippen molar-refractivity contribution >= 4 is 5.82 Å². The molecular weight excluding hydrogens is 236 g/mol. The molecule has 18 heavy (non-hydrogen) atoms. The molecule has 3 rings (SSSR count). The molecule has 3 aromatic rings. The van der Waals surface area contributed by atoms with Crippen LogP contribution in [0.2, 0.25) is 0 Å². The summed E-state index contributed by atoms with van der Waals surface area (Å²) in [6.45, 7) is 1.88. The lowest BCUT2D eigenvalue weighted by atomic mass is 10.3. The minimum Gasteiger partial charge on any atom is -0.379 e. The van der Waals surface area contributed by atoms with Gasteiger partial charge in [-0.1, -0.05) is 11.2 Å². The molecule has 0 amide bonds. The average Bonchev–Trinajstić information content (AvgIpc) is 2.97. The number of aryl methyl sites for hydroxylation is 1. The number of nitrogens with two attached hydrogens (primary N) is 1. The summed E-state index contributed by atoms with van der Waals surface area (Å²) in [4.78, 5) is 8.43. The molecule has 0 fully saturated rings. The standard InChI is InChI=1S/C10H8N6O2/c1-5-3-2-4-6(12-5)9-13-10(17-16-9)7-8(11)15-18-14-7/h2-4H,1H3,(H2,11,15). The number of pyridine rings is 1. The summed E-state index contributed by atoms with van der Waals surface area (Å²) < 4.78 is 9.51. The van der Waals surface area contributed by atoms with Gasteiger partial charge in [0.2, 0.25) is 17.3 Å². The first kappa shape index (κ1) is 10.4. The van der Waals surface area contributed by atoms with Gasteiger partial charge in [0.15, 0.2) is 0 Å².